The largest absolute Gasteiger partial charge is 0.480 e. The number of thioether (sulfide) groups is 1. The number of nitriles is 1. The number of aliphatic hydroxyl groups is 1. The molecule has 0 heterocycles. The summed E-state index contributed by atoms with van der Waals surface area (Å²) in [5, 5.41) is 27.4. The molecule has 6 nitrogen and oxygen atoms in total. The summed E-state index contributed by atoms with van der Waals surface area (Å²) in [7, 11) is 0. The first kappa shape index (κ1) is 13.7. The number of hydrogen-bond donors (Lipinski definition) is 3. The Hall–Kier alpha value is -1.26. The maximum Gasteiger partial charge on any atom is 0.327 e. The molecule has 0 aromatic rings. The molecule has 0 bridgehead atoms. The van der Waals surface area contributed by atoms with Gasteiger partial charge in [-0.05, 0) is 0 Å². The van der Waals surface area contributed by atoms with Crippen LogP contribution in [0, 0.1) is 11.3 Å². The van der Waals surface area contributed by atoms with E-state index in [1.807, 2.05) is 0 Å². The van der Waals surface area contributed by atoms with Crippen molar-refractivity contribution in [2.24, 2.45) is 0 Å². The van der Waals surface area contributed by atoms with Crippen molar-refractivity contribution in [3.8, 4) is 6.07 Å². The first-order valence-corrected chi connectivity index (χ1v) is 5.18. The Labute approximate surface area is 91.3 Å². The van der Waals surface area contributed by atoms with E-state index in [2.05, 4.69) is 5.32 Å². The summed E-state index contributed by atoms with van der Waals surface area (Å²) in [6.45, 7) is 0.877. The Morgan fingerprint density at radius 2 is 2.20 bits per heavy atom. The summed E-state index contributed by atoms with van der Waals surface area (Å²) in [6.07, 6.45) is 0. The van der Waals surface area contributed by atoms with E-state index < -0.39 is 23.2 Å². The highest BCUT2D eigenvalue weighted by atomic mass is 32.2. The van der Waals surface area contributed by atoms with Gasteiger partial charge in [0.1, 0.15) is 11.3 Å². The van der Waals surface area contributed by atoms with E-state index in [4.69, 9.17) is 15.5 Å². The summed E-state index contributed by atoms with van der Waals surface area (Å²) < 4.78 is 0. The monoisotopic (exact) mass is 232 g/mol. The van der Waals surface area contributed by atoms with E-state index in [9.17, 15) is 9.59 Å². The molecule has 1 amide bonds. The second-order valence-electron chi connectivity index (χ2n) is 2.72. The van der Waals surface area contributed by atoms with Gasteiger partial charge in [0.05, 0.1) is 12.7 Å². The lowest BCUT2D eigenvalue weighted by Gasteiger charge is -2.13. The molecule has 7 heteroatoms. The molecule has 0 fully saturated rings. The Balaban J connectivity index is 4.13. The van der Waals surface area contributed by atoms with E-state index in [1.54, 1.807) is 6.07 Å². The van der Waals surface area contributed by atoms with Crippen LogP contribution >= 0.6 is 11.8 Å². The van der Waals surface area contributed by atoms with Crippen LogP contribution in [0.15, 0.2) is 0 Å². The maximum absolute atomic E-state index is 10.7. The van der Waals surface area contributed by atoms with E-state index >= 15 is 0 Å². The molecule has 0 spiro atoms. The lowest BCUT2D eigenvalue weighted by Crippen LogP contribution is -2.41. The molecule has 1 unspecified atom stereocenters. The Morgan fingerprint density at radius 1 is 1.60 bits per heavy atom. The van der Waals surface area contributed by atoms with Crippen LogP contribution in [0.5, 0.6) is 0 Å². The zero-order valence-electron chi connectivity index (χ0n) is 8.14. The van der Waals surface area contributed by atoms with Gasteiger partial charge in [-0.1, -0.05) is 0 Å². The maximum atomic E-state index is 10.7. The fourth-order valence-electron chi connectivity index (χ4n) is 0.763. The van der Waals surface area contributed by atoms with Gasteiger partial charge >= 0.3 is 5.97 Å². The molecule has 0 radical (unpaired) electrons. The molecule has 0 aliphatic carbocycles. The van der Waals surface area contributed by atoms with Crippen molar-refractivity contribution in [2.45, 2.75) is 18.2 Å². The quantitative estimate of drug-likeness (QED) is 0.552. The topological polar surface area (TPSA) is 110 Å². The summed E-state index contributed by atoms with van der Waals surface area (Å²) >= 11 is 0.993. The third-order valence-electron chi connectivity index (χ3n) is 1.45. The fraction of sp³-hybridized carbons (Fsp3) is 0.625. The fourth-order valence-corrected chi connectivity index (χ4v) is 1.59. The molecule has 0 aliphatic rings. The van der Waals surface area contributed by atoms with Crippen molar-refractivity contribution in [1.29, 1.82) is 5.26 Å². The van der Waals surface area contributed by atoms with Crippen LogP contribution in [0.3, 0.4) is 0 Å². The number of carbonyl (C=O) groups is 2. The molecular formula is C8H12N2O4S. The van der Waals surface area contributed by atoms with Gasteiger partial charge in [0.2, 0.25) is 5.91 Å². The van der Waals surface area contributed by atoms with E-state index in [1.165, 1.54) is 6.92 Å². The highest BCUT2D eigenvalue weighted by Crippen LogP contribution is 2.11. The number of aliphatic carboxylic acids is 1. The smallest absolute Gasteiger partial charge is 0.327 e. The first-order chi connectivity index (χ1) is 7.01. The average molecular weight is 232 g/mol. The van der Waals surface area contributed by atoms with Gasteiger partial charge in [-0.2, -0.15) is 5.26 Å². The van der Waals surface area contributed by atoms with Crippen LogP contribution in [0.1, 0.15) is 6.92 Å². The van der Waals surface area contributed by atoms with Gasteiger partial charge < -0.3 is 15.5 Å². The predicted molar refractivity (Wildman–Crippen MR) is 54.2 cm³/mol. The summed E-state index contributed by atoms with van der Waals surface area (Å²) in [4.78, 5) is 21.3. The molecule has 15 heavy (non-hydrogen) atoms. The molecular weight excluding hydrogens is 220 g/mol. The number of carboxylic acid groups (broad SMARTS) is 1. The zero-order valence-corrected chi connectivity index (χ0v) is 8.95. The molecule has 0 aliphatic heterocycles. The molecule has 0 saturated carbocycles. The molecule has 0 aromatic heterocycles. The van der Waals surface area contributed by atoms with Crippen molar-refractivity contribution >= 4 is 23.6 Å². The third kappa shape index (κ3) is 5.93. The second kappa shape index (κ2) is 7.09. The van der Waals surface area contributed by atoms with Gasteiger partial charge in [-0.15, -0.1) is 11.8 Å². The Bertz CT molecular complexity index is 276. The van der Waals surface area contributed by atoms with Gasteiger partial charge in [-0.25, -0.2) is 4.79 Å². The van der Waals surface area contributed by atoms with E-state index in [0.29, 0.717) is 0 Å². The van der Waals surface area contributed by atoms with Crippen molar-refractivity contribution in [3.05, 3.63) is 0 Å². The number of carboxylic acids is 1. The Kier molecular flexibility index (Phi) is 6.49. The van der Waals surface area contributed by atoms with Crippen LogP contribution in [0.4, 0.5) is 0 Å². The SMILES string of the molecule is CC(=O)N[C@@H](CSC(C#N)CO)C(=O)O. The minimum absolute atomic E-state index is 0.0493. The number of aliphatic hydroxyl groups excluding tert-OH is 1. The lowest BCUT2D eigenvalue weighted by atomic mass is 10.3. The molecule has 84 valence electrons. The van der Waals surface area contributed by atoms with Gasteiger partial charge in [0.15, 0.2) is 0 Å². The number of carbonyl (C=O) groups excluding carboxylic acids is 1. The summed E-state index contributed by atoms with van der Waals surface area (Å²) in [5.41, 5.74) is 0. The van der Waals surface area contributed by atoms with Crippen molar-refractivity contribution in [3.63, 3.8) is 0 Å². The number of amides is 1. The second-order valence-corrected chi connectivity index (χ2v) is 3.96. The van der Waals surface area contributed by atoms with E-state index in [-0.39, 0.29) is 12.4 Å². The average Bonchev–Trinajstić information content (AvgIpc) is 2.16. The van der Waals surface area contributed by atoms with Gasteiger partial charge in [0.25, 0.3) is 0 Å². The van der Waals surface area contributed by atoms with Crippen LogP contribution in [-0.2, 0) is 9.59 Å². The van der Waals surface area contributed by atoms with Gasteiger partial charge in [-0.3, -0.25) is 4.79 Å². The molecule has 0 aromatic carbocycles. The minimum Gasteiger partial charge on any atom is -0.480 e. The number of hydrogen-bond acceptors (Lipinski definition) is 5. The number of nitrogens with zero attached hydrogens (tertiary/aromatic N) is 1. The molecule has 0 saturated heterocycles. The van der Waals surface area contributed by atoms with Crippen LogP contribution < -0.4 is 5.32 Å². The molecule has 2 atom stereocenters. The predicted octanol–water partition coefficient (Wildman–Crippen LogP) is -0.807. The van der Waals surface area contributed by atoms with Crippen LogP contribution in [-0.4, -0.2) is 45.7 Å². The molecule has 3 N–H and O–H groups in total. The highest BCUT2D eigenvalue weighted by Gasteiger charge is 2.20. The van der Waals surface area contributed by atoms with Crippen molar-refractivity contribution in [1.82, 2.24) is 5.32 Å². The van der Waals surface area contributed by atoms with Crippen molar-refractivity contribution in [2.75, 3.05) is 12.4 Å². The minimum atomic E-state index is -1.16. The standard InChI is InChI=1S/C8H12N2O4S/c1-5(12)10-7(8(13)14)4-15-6(2-9)3-11/h6-7,11H,3-4H2,1H3,(H,10,12)(H,13,14)/t6?,7-/m0/s1. The summed E-state index contributed by atoms with van der Waals surface area (Å²) in [6, 6.07) is 0.774. The number of nitrogens with one attached hydrogen (secondary N) is 1. The third-order valence-corrected chi connectivity index (χ3v) is 2.63. The Morgan fingerprint density at radius 3 is 2.53 bits per heavy atom. The normalized spacial score (nSPS) is 13.7. The number of rotatable bonds is 6. The highest BCUT2D eigenvalue weighted by molar-refractivity contribution is 8.00. The van der Waals surface area contributed by atoms with Crippen molar-refractivity contribution < 1.29 is 19.8 Å². The molecule has 0 rings (SSSR count). The van der Waals surface area contributed by atoms with Crippen LogP contribution in [0.25, 0.3) is 0 Å². The van der Waals surface area contributed by atoms with Crippen LogP contribution in [0.2, 0.25) is 0 Å². The van der Waals surface area contributed by atoms with Gasteiger partial charge in [0, 0.05) is 12.7 Å². The zero-order chi connectivity index (χ0) is 11.8. The lowest BCUT2D eigenvalue weighted by molar-refractivity contribution is -0.140. The van der Waals surface area contributed by atoms with E-state index in [0.717, 1.165) is 11.8 Å². The first-order valence-electron chi connectivity index (χ1n) is 4.13. The summed E-state index contributed by atoms with van der Waals surface area (Å²) in [5.74, 6) is -1.55.